The van der Waals surface area contributed by atoms with Gasteiger partial charge in [-0.3, -0.25) is 19.2 Å². The third-order valence-electron chi connectivity index (χ3n) is 7.32. The molecule has 0 saturated heterocycles. The monoisotopic (exact) mass is 798 g/mol. The number of methoxy groups -OCH3 is 1. The molecule has 1 heterocycles. The fourth-order valence-corrected chi connectivity index (χ4v) is 5.06. The average Bonchev–Trinajstić information content (AvgIpc) is 3.06. The number of nitrogens with one attached hydrogen (secondary N) is 2. The number of amides is 2. The van der Waals surface area contributed by atoms with Gasteiger partial charge in [-0.05, 0) is 92.9 Å². The van der Waals surface area contributed by atoms with Crippen molar-refractivity contribution < 1.29 is 66.7 Å². The standard InChI is InChI=1S/C40H50N2O15/c1-38(2,3)55-30(44)17-15-26(34(47)41-27(35(48)51-10)16-18-31(45)56-39(4,5)6)42-36(49)53-24-19-28(43)32-29(20-24)52-21-25(33(32)46)22-11-13-23(14-12-22)54-37(50)57-40(7,8)9/h11-14,19-21,26-27,43H,15-18H2,1-10H3,(H,41,47)(H,42,49)/t26-,27-/m1/s1. The van der Waals surface area contributed by atoms with Gasteiger partial charge in [-0.2, -0.15) is 0 Å². The van der Waals surface area contributed by atoms with Crippen molar-refractivity contribution in [1.29, 1.82) is 0 Å². The van der Waals surface area contributed by atoms with E-state index in [1.54, 1.807) is 62.3 Å². The molecule has 0 bridgehead atoms. The fraction of sp³-hybridized carbons (Fsp3) is 0.475. The van der Waals surface area contributed by atoms with Crippen molar-refractivity contribution >= 4 is 47.0 Å². The average molecular weight is 799 g/mol. The summed E-state index contributed by atoms with van der Waals surface area (Å²) in [5, 5.41) is 15.4. The Morgan fingerprint density at radius 1 is 0.719 bits per heavy atom. The zero-order valence-corrected chi connectivity index (χ0v) is 33.7. The molecule has 3 aromatic rings. The lowest BCUT2D eigenvalue weighted by Crippen LogP contribution is -2.52. The molecule has 0 aliphatic heterocycles. The highest BCUT2D eigenvalue weighted by Gasteiger charge is 2.30. The maximum atomic E-state index is 13.5. The summed E-state index contributed by atoms with van der Waals surface area (Å²) in [5.74, 6) is -3.81. The van der Waals surface area contributed by atoms with Gasteiger partial charge in [0, 0.05) is 25.0 Å². The molecule has 1 aromatic heterocycles. The van der Waals surface area contributed by atoms with Gasteiger partial charge in [0.25, 0.3) is 0 Å². The molecular formula is C40H50N2O15. The SMILES string of the molecule is COC(=O)[C@@H](CCC(=O)OC(C)(C)C)NC(=O)[C@@H](CCC(=O)OC(C)(C)C)NC(=O)Oc1cc(O)c2c(=O)c(-c3ccc(OC(=O)OC(C)(C)C)cc3)coc2c1. The van der Waals surface area contributed by atoms with Crippen LogP contribution in [0.15, 0.2) is 51.9 Å². The van der Waals surface area contributed by atoms with E-state index >= 15 is 0 Å². The number of ether oxygens (including phenoxy) is 6. The number of carbonyl (C=O) groups is 6. The van der Waals surface area contributed by atoms with Gasteiger partial charge in [-0.1, -0.05) is 12.1 Å². The summed E-state index contributed by atoms with van der Waals surface area (Å²) in [5.41, 5.74) is -2.74. The molecule has 0 fully saturated rings. The molecule has 3 rings (SSSR count). The molecular weight excluding hydrogens is 748 g/mol. The topological polar surface area (TPSA) is 232 Å². The quantitative estimate of drug-likeness (QED) is 0.105. The van der Waals surface area contributed by atoms with Crippen LogP contribution in [0.2, 0.25) is 0 Å². The molecule has 0 spiro atoms. The molecule has 2 amide bonds. The third kappa shape index (κ3) is 14.8. The second-order valence-electron chi connectivity index (χ2n) is 15.8. The Morgan fingerprint density at radius 3 is 1.79 bits per heavy atom. The van der Waals surface area contributed by atoms with Crippen molar-refractivity contribution in [2.75, 3.05) is 7.11 Å². The summed E-state index contributed by atoms with van der Waals surface area (Å²) < 4.78 is 36.6. The molecule has 0 aliphatic carbocycles. The summed E-state index contributed by atoms with van der Waals surface area (Å²) in [4.78, 5) is 89.5. The second-order valence-corrected chi connectivity index (χ2v) is 15.8. The first-order valence-electron chi connectivity index (χ1n) is 17.9. The number of rotatable bonds is 13. The van der Waals surface area contributed by atoms with Gasteiger partial charge in [0.05, 0.1) is 12.7 Å². The Labute approximate surface area is 329 Å². The Hall–Kier alpha value is -6.13. The van der Waals surface area contributed by atoms with Crippen molar-refractivity contribution in [3.63, 3.8) is 0 Å². The van der Waals surface area contributed by atoms with E-state index in [4.69, 9.17) is 32.8 Å². The lowest BCUT2D eigenvalue weighted by molar-refractivity contribution is -0.157. The van der Waals surface area contributed by atoms with E-state index in [0.29, 0.717) is 5.56 Å². The maximum Gasteiger partial charge on any atom is 0.514 e. The number of benzene rings is 2. The molecule has 0 unspecified atom stereocenters. The van der Waals surface area contributed by atoms with Gasteiger partial charge in [0.1, 0.15) is 63.4 Å². The van der Waals surface area contributed by atoms with E-state index in [1.807, 2.05) is 0 Å². The summed E-state index contributed by atoms with van der Waals surface area (Å²) in [6.45, 7) is 15.0. The van der Waals surface area contributed by atoms with Crippen molar-refractivity contribution in [1.82, 2.24) is 10.6 Å². The highest BCUT2D eigenvalue weighted by Crippen LogP contribution is 2.31. The highest BCUT2D eigenvalue weighted by atomic mass is 16.7. The number of fused-ring (bicyclic) bond motifs is 1. The minimum atomic E-state index is -1.48. The minimum absolute atomic E-state index is 0.0585. The first kappa shape index (κ1) is 45.3. The van der Waals surface area contributed by atoms with Crippen LogP contribution >= 0.6 is 0 Å². The van der Waals surface area contributed by atoms with E-state index in [2.05, 4.69) is 10.6 Å². The number of carbonyl (C=O) groups excluding carboxylic acids is 6. The fourth-order valence-electron chi connectivity index (χ4n) is 5.06. The van der Waals surface area contributed by atoms with Crippen molar-refractivity contribution in [2.45, 2.75) is 117 Å². The number of esters is 3. The predicted octanol–water partition coefficient (Wildman–Crippen LogP) is 5.84. The number of phenols is 1. The minimum Gasteiger partial charge on any atom is -0.507 e. The lowest BCUT2D eigenvalue weighted by atomic mass is 10.0. The van der Waals surface area contributed by atoms with Crippen LogP contribution in [-0.4, -0.2) is 77.2 Å². The Balaban J connectivity index is 1.80. The summed E-state index contributed by atoms with van der Waals surface area (Å²) >= 11 is 0. The molecule has 0 saturated carbocycles. The second kappa shape index (κ2) is 18.7. The van der Waals surface area contributed by atoms with Crippen LogP contribution in [-0.2, 0) is 38.1 Å². The lowest BCUT2D eigenvalue weighted by Gasteiger charge is -2.24. The van der Waals surface area contributed by atoms with E-state index < -0.39 is 76.1 Å². The smallest absolute Gasteiger partial charge is 0.507 e. The van der Waals surface area contributed by atoms with Crippen LogP contribution in [0.25, 0.3) is 22.1 Å². The Kier molecular flexibility index (Phi) is 14.8. The first-order chi connectivity index (χ1) is 26.3. The van der Waals surface area contributed by atoms with E-state index in [9.17, 15) is 38.7 Å². The summed E-state index contributed by atoms with van der Waals surface area (Å²) in [7, 11) is 1.09. The van der Waals surface area contributed by atoms with Gasteiger partial charge >= 0.3 is 30.2 Å². The molecule has 0 aliphatic rings. The van der Waals surface area contributed by atoms with Gasteiger partial charge in [-0.25, -0.2) is 14.4 Å². The molecule has 2 atom stereocenters. The van der Waals surface area contributed by atoms with Crippen LogP contribution in [0.5, 0.6) is 17.2 Å². The number of hydrogen-bond acceptors (Lipinski definition) is 15. The first-order valence-corrected chi connectivity index (χ1v) is 17.9. The predicted molar refractivity (Wildman–Crippen MR) is 203 cm³/mol. The molecule has 0 radical (unpaired) electrons. The highest BCUT2D eigenvalue weighted by molar-refractivity contribution is 5.91. The van der Waals surface area contributed by atoms with Crippen LogP contribution < -0.4 is 25.5 Å². The summed E-state index contributed by atoms with van der Waals surface area (Å²) in [6.07, 6.45) is -2.08. The van der Waals surface area contributed by atoms with Crippen LogP contribution in [0, 0.1) is 0 Å². The van der Waals surface area contributed by atoms with E-state index in [-0.39, 0.29) is 53.7 Å². The molecule has 310 valence electrons. The Bertz CT molecular complexity index is 2020. The Morgan fingerprint density at radius 2 is 1.26 bits per heavy atom. The van der Waals surface area contributed by atoms with E-state index in [1.165, 1.54) is 24.3 Å². The van der Waals surface area contributed by atoms with Gasteiger partial charge in [0.2, 0.25) is 11.3 Å². The number of phenolic OH excluding ortho intramolecular Hbond substituents is 1. The van der Waals surface area contributed by atoms with Crippen LogP contribution in [0.1, 0.15) is 88.0 Å². The van der Waals surface area contributed by atoms with E-state index in [0.717, 1.165) is 25.5 Å². The van der Waals surface area contributed by atoms with Crippen LogP contribution in [0.4, 0.5) is 9.59 Å². The zero-order chi connectivity index (χ0) is 42.9. The normalized spacial score (nSPS) is 12.7. The van der Waals surface area contributed by atoms with Crippen molar-refractivity contribution in [2.24, 2.45) is 0 Å². The largest absolute Gasteiger partial charge is 0.514 e. The molecule has 17 heteroatoms. The van der Waals surface area contributed by atoms with Crippen LogP contribution in [0.3, 0.4) is 0 Å². The van der Waals surface area contributed by atoms with Crippen molar-refractivity contribution in [3.8, 4) is 28.4 Å². The third-order valence-corrected chi connectivity index (χ3v) is 7.32. The van der Waals surface area contributed by atoms with Crippen molar-refractivity contribution in [3.05, 3.63) is 52.9 Å². The van der Waals surface area contributed by atoms with Gasteiger partial charge < -0.3 is 48.6 Å². The summed E-state index contributed by atoms with van der Waals surface area (Å²) in [6, 6.07) is 5.23. The molecule has 2 aromatic carbocycles. The van der Waals surface area contributed by atoms with Gasteiger partial charge in [0.15, 0.2) is 0 Å². The zero-order valence-electron chi connectivity index (χ0n) is 33.7. The number of aromatic hydroxyl groups is 1. The molecule has 17 nitrogen and oxygen atoms in total. The molecule has 57 heavy (non-hydrogen) atoms. The molecule has 3 N–H and O–H groups in total. The number of hydrogen-bond donors (Lipinski definition) is 3. The maximum absolute atomic E-state index is 13.5. The van der Waals surface area contributed by atoms with Gasteiger partial charge in [-0.15, -0.1) is 0 Å².